The normalized spacial score (nSPS) is 18.8. The number of nitrogens with zero attached hydrogens (tertiary/aromatic N) is 4. The summed E-state index contributed by atoms with van der Waals surface area (Å²) in [6, 6.07) is 10.5. The van der Waals surface area contributed by atoms with Gasteiger partial charge < -0.3 is 4.90 Å². The minimum absolute atomic E-state index is 0.123. The predicted molar refractivity (Wildman–Crippen MR) is 123 cm³/mol. The van der Waals surface area contributed by atoms with Crippen LogP contribution in [-0.2, 0) is 6.54 Å². The number of rotatable bonds is 3. The lowest BCUT2D eigenvalue weighted by Gasteiger charge is -2.44. The molecule has 2 aromatic heterocycles. The van der Waals surface area contributed by atoms with E-state index < -0.39 is 0 Å². The average molecular weight is 437 g/mol. The van der Waals surface area contributed by atoms with Crippen LogP contribution in [0.15, 0.2) is 36.5 Å². The molecule has 3 aromatic rings. The highest BCUT2D eigenvalue weighted by Gasteiger charge is 2.44. The fraction of sp³-hybridized carbons (Fsp3) is 0.458. The van der Waals surface area contributed by atoms with E-state index in [1.165, 1.54) is 45.0 Å². The van der Waals surface area contributed by atoms with Crippen molar-refractivity contribution in [1.82, 2.24) is 19.6 Å². The second-order valence-electron chi connectivity index (χ2n) is 8.97. The Balaban J connectivity index is 1.26. The highest BCUT2D eigenvalue weighted by atomic mass is 32.1. The first kappa shape index (κ1) is 20.4. The molecule has 0 N–H and O–H groups in total. The number of aryl methyl sites for hydroxylation is 1. The van der Waals surface area contributed by atoms with Crippen molar-refractivity contribution in [3.8, 4) is 0 Å². The number of thiophene rings is 1. The smallest absolute Gasteiger partial charge is 0.323 e. The number of carbonyl (C=O) groups excluding carboxylic acids is 2. The van der Waals surface area contributed by atoms with E-state index in [0.29, 0.717) is 5.69 Å². The molecule has 2 aliphatic heterocycles. The summed E-state index contributed by atoms with van der Waals surface area (Å²) in [6.45, 7) is 7.20. The average Bonchev–Trinajstić information content (AvgIpc) is 3.47. The van der Waals surface area contributed by atoms with Gasteiger partial charge in [-0.3, -0.25) is 9.69 Å². The zero-order valence-electron chi connectivity index (χ0n) is 18.1. The molecular weight excluding hydrogens is 408 g/mol. The minimum atomic E-state index is -0.133. The number of hydrogen-bond donors (Lipinski definition) is 0. The van der Waals surface area contributed by atoms with Crippen LogP contribution in [-0.4, -0.2) is 56.6 Å². The maximum absolute atomic E-state index is 12.8. The largest absolute Gasteiger partial charge is 0.344 e. The lowest BCUT2D eigenvalue weighted by atomic mass is 9.85. The van der Waals surface area contributed by atoms with Crippen molar-refractivity contribution in [1.29, 1.82) is 0 Å². The molecular formula is C24H28N4O2S. The Morgan fingerprint density at radius 1 is 1.10 bits per heavy atom. The number of amides is 1. The summed E-state index contributed by atoms with van der Waals surface area (Å²) in [5.74, 6) is -0.123. The topological polar surface area (TPSA) is 58.4 Å². The number of fused-ring (bicyclic) bond motifs is 1. The van der Waals surface area contributed by atoms with E-state index in [1.54, 1.807) is 12.3 Å². The molecule has 6 nitrogen and oxygen atoms in total. The third-order valence-corrected chi connectivity index (χ3v) is 8.01. The number of Topliss-reactive ketones (excluding diaryl/α,β-unsaturated/α-hetero) is 1. The van der Waals surface area contributed by atoms with Crippen molar-refractivity contribution < 1.29 is 9.59 Å². The van der Waals surface area contributed by atoms with E-state index in [1.807, 2.05) is 16.2 Å². The summed E-state index contributed by atoms with van der Waals surface area (Å²) in [5, 5.41) is 5.47. The fourth-order valence-corrected chi connectivity index (χ4v) is 6.32. The van der Waals surface area contributed by atoms with Gasteiger partial charge in [-0.2, -0.15) is 9.78 Å². The van der Waals surface area contributed by atoms with Crippen LogP contribution in [0.4, 0.5) is 4.79 Å². The van der Waals surface area contributed by atoms with Gasteiger partial charge in [-0.05, 0) is 68.3 Å². The number of benzene rings is 1. The summed E-state index contributed by atoms with van der Waals surface area (Å²) in [6.07, 6.45) is 6.00. The van der Waals surface area contributed by atoms with Crippen LogP contribution in [0, 0.1) is 6.92 Å². The maximum Gasteiger partial charge on any atom is 0.344 e. The Labute approximate surface area is 186 Å². The van der Waals surface area contributed by atoms with E-state index in [9.17, 15) is 9.59 Å². The van der Waals surface area contributed by atoms with Crippen LogP contribution in [0.1, 0.15) is 53.5 Å². The van der Waals surface area contributed by atoms with E-state index in [4.69, 9.17) is 0 Å². The summed E-state index contributed by atoms with van der Waals surface area (Å²) in [4.78, 5) is 30.3. The van der Waals surface area contributed by atoms with Crippen molar-refractivity contribution in [2.45, 2.75) is 51.6 Å². The van der Waals surface area contributed by atoms with E-state index >= 15 is 0 Å². The van der Waals surface area contributed by atoms with E-state index in [0.717, 1.165) is 39.0 Å². The zero-order valence-corrected chi connectivity index (χ0v) is 19.0. The van der Waals surface area contributed by atoms with Gasteiger partial charge in [0.15, 0.2) is 5.78 Å². The van der Waals surface area contributed by atoms with Crippen LogP contribution in [0.5, 0.6) is 0 Å². The molecule has 1 amide bonds. The second kappa shape index (κ2) is 7.88. The van der Waals surface area contributed by atoms with Crippen molar-refractivity contribution >= 4 is 33.2 Å². The van der Waals surface area contributed by atoms with Gasteiger partial charge in [-0.15, -0.1) is 11.3 Å². The Hall–Kier alpha value is -2.51. The first-order valence-corrected chi connectivity index (χ1v) is 11.9. The standard InChI is InChI=1S/C24H28N4O2S/c1-17-4-5-19-15-20(31-22(19)14-17)16-27-10-3-7-24(27)8-12-26(13-9-24)23(30)28-11-6-21(25-28)18(2)29/h4-6,11,14-15H,3,7-10,12-13,16H2,1-2H3. The molecule has 1 aromatic carbocycles. The molecule has 2 fully saturated rings. The van der Waals surface area contributed by atoms with Crippen LogP contribution in [0.2, 0.25) is 0 Å². The van der Waals surface area contributed by atoms with Crippen LogP contribution in [0.3, 0.4) is 0 Å². The van der Waals surface area contributed by atoms with Gasteiger partial charge in [0.25, 0.3) is 0 Å². The monoisotopic (exact) mass is 436 g/mol. The fourth-order valence-electron chi connectivity index (χ4n) is 5.14. The second-order valence-corrected chi connectivity index (χ2v) is 10.1. The van der Waals surface area contributed by atoms with Gasteiger partial charge in [0.05, 0.1) is 0 Å². The van der Waals surface area contributed by atoms with Gasteiger partial charge in [0.2, 0.25) is 0 Å². The Morgan fingerprint density at radius 3 is 2.65 bits per heavy atom. The number of aromatic nitrogens is 2. The molecule has 0 bridgehead atoms. The minimum Gasteiger partial charge on any atom is -0.323 e. The van der Waals surface area contributed by atoms with Crippen LogP contribution < -0.4 is 0 Å². The quantitative estimate of drug-likeness (QED) is 0.558. The molecule has 5 rings (SSSR count). The molecule has 0 aliphatic carbocycles. The van der Waals surface area contributed by atoms with Crippen LogP contribution in [0.25, 0.3) is 10.1 Å². The zero-order chi connectivity index (χ0) is 21.6. The highest BCUT2D eigenvalue weighted by Crippen LogP contribution is 2.40. The Kier molecular flexibility index (Phi) is 5.18. The molecule has 162 valence electrons. The molecule has 0 unspecified atom stereocenters. The number of hydrogen-bond acceptors (Lipinski definition) is 5. The lowest BCUT2D eigenvalue weighted by molar-refractivity contribution is 0.0592. The summed E-state index contributed by atoms with van der Waals surface area (Å²) < 4.78 is 2.67. The highest BCUT2D eigenvalue weighted by molar-refractivity contribution is 7.19. The predicted octanol–water partition coefficient (Wildman–Crippen LogP) is 4.71. The summed E-state index contributed by atoms with van der Waals surface area (Å²) in [7, 11) is 0. The SMILES string of the molecule is CC(=O)c1ccn(C(=O)N2CCC3(CCCN3Cc3cc4ccc(C)cc4s3)CC2)n1. The van der Waals surface area contributed by atoms with Crippen molar-refractivity contribution in [3.63, 3.8) is 0 Å². The molecule has 0 saturated carbocycles. The van der Waals surface area contributed by atoms with Gasteiger partial charge in [0.1, 0.15) is 5.69 Å². The molecule has 1 spiro atoms. The molecule has 0 radical (unpaired) electrons. The van der Waals surface area contributed by atoms with Gasteiger partial charge in [-0.25, -0.2) is 4.79 Å². The molecule has 31 heavy (non-hydrogen) atoms. The third kappa shape index (κ3) is 3.81. The summed E-state index contributed by atoms with van der Waals surface area (Å²) in [5.41, 5.74) is 1.84. The molecule has 4 heterocycles. The number of ketones is 1. The maximum atomic E-state index is 12.8. The Bertz CT molecular complexity index is 1140. The van der Waals surface area contributed by atoms with Gasteiger partial charge >= 0.3 is 6.03 Å². The van der Waals surface area contributed by atoms with Crippen molar-refractivity contribution in [2.24, 2.45) is 0 Å². The lowest BCUT2D eigenvalue weighted by Crippen LogP contribution is -2.53. The Morgan fingerprint density at radius 2 is 1.90 bits per heavy atom. The first-order valence-electron chi connectivity index (χ1n) is 11.0. The van der Waals surface area contributed by atoms with Crippen LogP contribution >= 0.6 is 11.3 Å². The third-order valence-electron chi connectivity index (χ3n) is 6.92. The number of likely N-dealkylation sites (tertiary alicyclic amines) is 2. The molecule has 2 aliphatic rings. The van der Waals surface area contributed by atoms with E-state index in [-0.39, 0.29) is 17.4 Å². The van der Waals surface area contributed by atoms with E-state index in [2.05, 4.69) is 41.2 Å². The van der Waals surface area contributed by atoms with Gasteiger partial charge in [0, 0.05) is 47.9 Å². The first-order chi connectivity index (χ1) is 14.9. The van der Waals surface area contributed by atoms with Crippen molar-refractivity contribution in [3.05, 3.63) is 52.7 Å². The molecule has 2 saturated heterocycles. The van der Waals surface area contributed by atoms with Crippen molar-refractivity contribution in [2.75, 3.05) is 19.6 Å². The number of piperidine rings is 1. The molecule has 7 heteroatoms. The van der Waals surface area contributed by atoms with Gasteiger partial charge in [-0.1, -0.05) is 12.1 Å². The summed E-state index contributed by atoms with van der Waals surface area (Å²) >= 11 is 1.91. The number of carbonyl (C=O) groups is 2. The molecule has 0 atom stereocenters.